The number of aromatic nitrogens is 1. The van der Waals surface area contributed by atoms with Gasteiger partial charge in [0.1, 0.15) is 0 Å². The highest BCUT2D eigenvalue weighted by Gasteiger charge is 2.28. The Morgan fingerprint density at radius 3 is 2.39 bits per heavy atom. The van der Waals surface area contributed by atoms with Gasteiger partial charge in [-0.15, -0.1) is 0 Å². The van der Waals surface area contributed by atoms with Crippen molar-refractivity contribution in [1.82, 2.24) is 15.0 Å². The molecule has 1 aromatic carbocycles. The first kappa shape index (κ1) is 23.0. The van der Waals surface area contributed by atoms with Crippen molar-refractivity contribution >= 4 is 17.7 Å². The number of amidine groups is 1. The second-order valence-corrected chi connectivity index (χ2v) is 8.85. The molecule has 5 nitrogen and oxygen atoms in total. The smallest absolute Gasteiger partial charge is 0.166 e. The number of allylic oxidation sites excluding steroid dienone is 1. The van der Waals surface area contributed by atoms with Gasteiger partial charge in [-0.2, -0.15) is 0 Å². The molecule has 0 radical (unpaired) electrons. The van der Waals surface area contributed by atoms with Gasteiger partial charge in [0.2, 0.25) is 0 Å². The summed E-state index contributed by atoms with van der Waals surface area (Å²) in [4.78, 5) is 14.1. The van der Waals surface area contributed by atoms with E-state index in [1.165, 1.54) is 28.8 Å². The van der Waals surface area contributed by atoms with Crippen LogP contribution >= 0.6 is 0 Å². The molecule has 2 aliphatic rings. The standard InChI is InChI=1S/C28H35N5/c1-5-8-23-9-11-24(12-10-23)13-14-32-28-19-30-18-27(21(4)6-2)33(32)20-26(31-28)25-15-22(7-3)16-29-17-25/h9-12,15-21H,5-8,13-14H2,1-4H3. The lowest BCUT2D eigenvalue weighted by Gasteiger charge is -2.40. The van der Waals surface area contributed by atoms with E-state index in [9.17, 15) is 0 Å². The lowest BCUT2D eigenvalue weighted by molar-refractivity contribution is 0.132. The van der Waals surface area contributed by atoms with Gasteiger partial charge in [0.05, 0.1) is 23.8 Å². The topological polar surface area (TPSA) is 44.1 Å². The third kappa shape index (κ3) is 5.24. The number of hydrogen-bond acceptors (Lipinski definition) is 5. The maximum atomic E-state index is 5.00. The highest BCUT2D eigenvalue weighted by atomic mass is 15.6. The summed E-state index contributed by atoms with van der Waals surface area (Å²) in [5.74, 6) is 1.25. The summed E-state index contributed by atoms with van der Waals surface area (Å²) in [7, 11) is 0. The third-order valence-electron chi connectivity index (χ3n) is 6.46. The Morgan fingerprint density at radius 2 is 1.70 bits per heavy atom. The molecule has 0 saturated carbocycles. The molecule has 4 rings (SSSR count). The van der Waals surface area contributed by atoms with Crippen molar-refractivity contribution < 1.29 is 0 Å². The number of rotatable bonds is 9. The molecule has 0 N–H and O–H groups in total. The maximum absolute atomic E-state index is 5.00. The summed E-state index contributed by atoms with van der Waals surface area (Å²) in [5, 5.41) is 4.53. The van der Waals surface area contributed by atoms with E-state index in [0.717, 1.165) is 49.3 Å². The van der Waals surface area contributed by atoms with Gasteiger partial charge in [0.25, 0.3) is 0 Å². The van der Waals surface area contributed by atoms with Gasteiger partial charge in [-0.25, -0.2) is 4.99 Å². The van der Waals surface area contributed by atoms with E-state index in [1.807, 2.05) is 24.8 Å². The normalized spacial score (nSPS) is 16.2. The number of hydrazine groups is 1. The van der Waals surface area contributed by atoms with Crippen molar-refractivity contribution in [3.05, 3.63) is 83.1 Å². The van der Waals surface area contributed by atoms with Crippen molar-refractivity contribution in [2.75, 3.05) is 6.54 Å². The number of pyridine rings is 1. The fraction of sp³-hybridized carbons (Fsp3) is 0.393. The molecule has 33 heavy (non-hydrogen) atoms. The predicted molar refractivity (Wildman–Crippen MR) is 138 cm³/mol. The Labute approximate surface area is 198 Å². The molecule has 0 spiro atoms. The molecule has 0 fully saturated rings. The minimum absolute atomic E-state index is 0.382. The number of benzene rings is 1. The Bertz CT molecular complexity index is 1080. The Morgan fingerprint density at radius 1 is 0.939 bits per heavy atom. The molecule has 0 saturated heterocycles. The monoisotopic (exact) mass is 441 g/mol. The zero-order chi connectivity index (χ0) is 23.2. The molecule has 0 amide bonds. The first-order valence-corrected chi connectivity index (χ1v) is 12.2. The van der Waals surface area contributed by atoms with E-state index >= 15 is 0 Å². The average Bonchev–Trinajstić information content (AvgIpc) is 2.95. The molecular weight excluding hydrogens is 406 g/mol. The summed E-state index contributed by atoms with van der Waals surface area (Å²) in [6, 6.07) is 11.2. The van der Waals surface area contributed by atoms with Gasteiger partial charge in [-0.1, -0.05) is 58.4 Å². The van der Waals surface area contributed by atoms with Crippen molar-refractivity contribution in [2.24, 2.45) is 15.9 Å². The summed E-state index contributed by atoms with van der Waals surface area (Å²) in [6.45, 7) is 9.69. The predicted octanol–water partition coefficient (Wildman–Crippen LogP) is 6.04. The summed E-state index contributed by atoms with van der Waals surface area (Å²) >= 11 is 0. The molecule has 1 aromatic heterocycles. The molecule has 5 heteroatoms. The lowest BCUT2D eigenvalue weighted by Crippen LogP contribution is -2.47. The van der Waals surface area contributed by atoms with Crippen LogP contribution in [0.1, 0.15) is 62.8 Å². The molecule has 1 atom stereocenters. The molecular formula is C28H35N5. The van der Waals surface area contributed by atoms with Crippen LogP contribution in [0, 0.1) is 5.92 Å². The fourth-order valence-corrected chi connectivity index (χ4v) is 4.20. The number of hydrogen-bond donors (Lipinski definition) is 0. The van der Waals surface area contributed by atoms with Crippen LogP contribution in [-0.2, 0) is 19.3 Å². The van der Waals surface area contributed by atoms with E-state index < -0.39 is 0 Å². The quantitative estimate of drug-likeness (QED) is 0.476. The van der Waals surface area contributed by atoms with Gasteiger partial charge in [-0.3, -0.25) is 20.0 Å². The molecule has 0 aliphatic carbocycles. The second-order valence-electron chi connectivity index (χ2n) is 8.85. The maximum Gasteiger partial charge on any atom is 0.166 e. The van der Waals surface area contributed by atoms with Crippen LogP contribution < -0.4 is 0 Å². The summed E-state index contributed by atoms with van der Waals surface area (Å²) < 4.78 is 0. The Kier molecular flexibility index (Phi) is 7.38. The van der Waals surface area contributed by atoms with E-state index in [0.29, 0.717) is 5.92 Å². The van der Waals surface area contributed by atoms with Gasteiger partial charge < -0.3 is 0 Å². The fourth-order valence-electron chi connectivity index (χ4n) is 4.20. The molecule has 3 heterocycles. The van der Waals surface area contributed by atoms with Crippen molar-refractivity contribution in [3.63, 3.8) is 0 Å². The van der Waals surface area contributed by atoms with Crippen molar-refractivity contribution in [2.45, 2.75) is 59.8 Å². The molecule has 2 aromatic rings. The van der Waals surface area contributed by atoms with Crippen LogP contribution in [0.4, 0.5) is 0 Å². The Balaban J connectivity index is 1.63. The van der Waals surface area contributed by atoms with Crippen LogP contribution in [-0.4, -0.2) is 33.6 Å². The van der Waals surface area contributed by atoms with Crippen molar-refractivity contribution in [3.8, 4) is 0 Å². The number of aliphatic imine (C=N–C) groups is 2. The zero-order valence-corrected chi connectivity index (χ0v) is 20.3. The van der Waals surface area contributed by atoms with E-state index in [1.54, 1.807) is 0 Å². The van der Waals surface area contributed by atoms with Crippen LogP contribution in [0.5, 0.6) is 0 Å². The van der Waals surface area contributed by atoms with Gasteiger partial charge in [-0.05, 0) is 54.4 Å². The van der Waals surface area contributed by atoms with Crippen molar-refractivity contribution in [1.29, 1.82) is 0 Å². The molecule has 172 valence electrons. The molecule has 2 aliphatic heterocycles. The molecule has 2 bridgehead atoms. The summed E-state index contributed by atoms with van der Waals surface area (Å²) in [6.07, 6.45) is 15.1. The van der Waals surface area contributed by atoms with Crippen LogP contribution in [0.2, 0.25) is 0 Å². The SMILES string of the molecule is CCCc1ccc(CCN2C3=NC(c4cncc(CC)c4)=CN2C(C(C)CC)=CN=C3)cc1. The average molecular weight is 442 g/mol. The number of nitrogens with zero attached hydrogens (tertiary/aromatic N) is 5. The summed E-state index contributed by atoms with van der Waals surface area (Å²) in [5.41, 5.74) is 7.12. The highest BCUT2D eigenvalue weighted by molar-refractivity contribution is 6.30. The van der Waals surface area contributed by atoms with Crippen LogP contribution in [0.25, 0.3) is 5.70 Å². The van der Waals surface area contributed by atoms with Crippen LogP contribution in [0.3, 0.4) is 0 Å². The first-order valence-electron chi connectivity index (χ1n) is 12.2. The Hall–Kier alpha value is -3.21. The minimum Gasteiger partial charge on any atom is -0.264 e. The lowest BCUT2D eigenvalue weighted by atomic mass is 10.0. The van der Waals surface area contributed by atoms with E-state index in [4.69, 9.17) is 4.99 Å². The number of aryl methyl sites for hydroxylation is 2. The van der Waals surface area contributed by atoms with Gasteiger partial charge in [0, 0.05) is 30.7 Å². The largest absolute Gasteiger partial charge is 0.264 e. The second kappa shape index (κ2) is 10.6. The van der Waals surface area contributed by atoms with Crippen LogP contribution in [0.15, 0.2) is 70.8 Å². The van der Waals surface area contributed by atoms with Gasteiger partial charge in [0.15, 0.2) is 5.84 Å². The first-order chi connectivity index (χ1) is 16.1. The van der Waals surface area contributed by atoms with E-state index in [-0.39, 0.29) is 0 Å². The minimum atomic E-state index is 0.382. The number of fused-ring (bicyclic) bond motifs is 2. The highest BCUT2D eigenvalue weighted by Crippen LogP contribution is 2.30. The molecule has 1 unspecified atom stereocenters. The van der Waals surface area contributed by atoms with Gasteiger partial charge >= 0.3 is 0 Å². The zero-order valence-electron chi connectivity index (χ0n) is 20.3. The van der Waals surface area contributed by atoms with E-state index in [2.05, 4.69) is 84.2 Å². The third-order valence-corrected chi connectivity index (χ3v) is 6.46.